The minimum Gasteiger partial charge on any atom is -0.382 e. The highest BCUT2D eigenvalue weighted by atomic mass is 16.2. The monoisotopic (exact) mass is 338 g/mol. The van der Waals surface area contributed by atoms with Gasteiger partial charge in [-0.25, -0.2) is 9.97 Å². The Bertz CT molecular complexity index is 996. The molecule has 2 aliphatic rings. The van der Waals surface area contributed by atoms with Crippen LogP contribution in [0.1, 0.15) is 48.7 Å². The molecule has 7 nitrogen and oxygen atoms in total. The quantitative estimate of drug-likeness (QED) is 0.765. The summed E-state index contributed by atoms with van der Waals surface area (Å²) in [6.45, 7) is 4.74. The van der Waals surface area contributed by atoms with E-state index in [9.17, 15) is 4.79 Å². The topological polar surface area (TPSA) is 92.8 Å². The molecule has 25 heavy (non-hydrogen) atoms. The van der Waals surface area contributed by atoms with Crippen LogP contribution in [0.3, 0.4) is 0 Å². The highest BCUT2D eigenvalue weighted by molar-refractivity contribution is 6.11. The zero-order valence-electron chi connectivity index (χ0n) is 14.5. The summed E-state index contributed by atoms with van der Waals surface area (Å²) in [5.41, 5.74) is 10.1. The maximum absolute atomic E-state index is 13.5. The van der Waals surface area contributed by atoms with E-state index in [4.69, 9.17) is 5.73 Å². The van der Waals surface area contributed by atoms with Crippen LogP contribution in [0.25, 0.3) is 22.1 Å². The Balaban J connectivity index is 1.77. The van der Waals surface area contributed by atoms with Crippen LogP contribution in [0, 0.1) is 6.92 Å². The Labute approximate surface area is 145 Å². The Hall–Kier alpha value is -2.57. The van der Waals surface area contributed by atoms with Gasteiger partial charge in [-0.2, -0.15) is 0 Å². The first-order valence-corrected chi connectivity index (χ1v) is 9.05. The van der Waals surface area contributed by atoms with Crippen molar-refractivity contribution in [2.45, 2.75) is 58.2 Å². The molecule has 7 heteroatoms. The second kappa shape index (κ2) is 4.97. The lowest BCUT2D eigenvalue weighted by Crippen LogP contribution is -2.36. The molecule has 0 saturated heterocycles. The maximum atomic E-state index is 13.5. The summed E-state index contributed by atoms with van der Waals surface area (Å²) < 4.78 is 2.02. The number of carbonyl (C=O) groups is 1. The predicted octanol–water partition coefficient (Wildman–Crippen LogP) is 2.59. The molecule has 0 spiro atoms. The van der Waals surface area contributed by atoms with Crippen LogP contribution >= 0.6 is 0 Å². The van der Waals surface area contributed by atoms with Crippen molar-refractivity contribution < 1.29 is 4.79 Å². The molecule has 130 valence electrons. The van der Waals surface area contributed by atoms with Crippen LogP contribution in [-0.4, -0.2) is 42.4 Å². The number of aromatic amines is 1. The number of pyridine rings is 1. The number of nitrogens with two attached hydrogens (primary N) is 1. The number of aryl methyl sites for hydroxylation is 2. The van der Waals surface area contributed by atoms with E-state index >= 15 is 0 Å². The van der Waals surface area contributed by atoms with Crippen LogP contribution in [0.5, 0.6) is 0 Å². The van der Waals surface area contributed by atoms with Gasteiger partial charge in [0.15, 0.2) is 5.82 Å². The second-order valence-electron chi connectivity index (χ2n) is 7.21. The third-order valence-electron chi connectivity index (χ3n) is 5.47. The van der Waals surface area contributed by atoms with Crippen molar-refractivity contribution in [2.24, 2.45) is 0 Å². The molecule has 5 rings (SSSR count). The summed E-state index contributed by atoms with van der Waals surface area (Å²) in [4.78, 5) is 27.6. The Kier molecular flexibility index (Phi) is 2.93. The molecule has 3 heterocycles. The molecular formula is C18H22N6O. The first-order chi connectivity index (χ1) is 12.1. The number of carbonyl (C=O) groups excluding carboxylic acids is 1. The van der Waals surface area contributed by atoms with Crippen LogP contribution in [0.4, 0.5) is 5.82 Å². The lowest BCUT2D eigenvalue weighted by atomic mass is 10.1. The van der Waals surface area contributed by atoms with Crippen LogP contribution < -0.4 is 5.73 Å². The smallest absolute Gasteiger partial charge is 0.271 e. The van der Waals surface area contributed by atoms with Gasteiger partial charge in [0.1, 0.15) is 16.9 Å². The number of rotatable bonds is 4. The minimum atomic E-state index is 0.147. The lowest BCUT2D eigenvalue weighted by molar-refractivity contribution is 0.0718. The fourth-order valence-corrected chi connectivity index (χ4v) is 4.03. The molecule has 3 aromatic heterocycles. The molecule has 0 bridgehead atoms. The van der Waals surface area contributed by atoms with Crippen molar-refractivity contribution >= 4 is 33.8 Å². The molecule has 1 amide bonds. The van der Waals surface area contributed by atoms with E-state index in [0.29, 0.717) is 30.0 Å². The Morgan fingerprint density at radius 2 is 2.04 bits per heavy atom. The summed E-state index contributed by atoms with van der Waals surface area (Å²) >= 11 is 0. The number of nitrogens with zero attached hydrogens (tertiary/aromatic N) is 4. The zero-order chi connectivity index (χ0) is 17.3. The minimum absolute atomic E-state index is 0.147. The van der Waals surface area contributed by atoms with Crippen molar-refractivity contribution in [3.8, 4) is 0 Å². The van der Waals surface area contributed by atoms with Gasteiger partial charge in [0.2, 0.25) is 0 Å². The van der Waals surface area contributed by atoms with Gasteiger partial charge in [0, 0.05) is 24.0 Å². The third-order valence-corrected chi connectivity index (χ3v) is 5.47. The fourth-order valence-electron chi connectivity index (χ4n) is 4.03. The molecule has 2 fully saturated rings. The van der Waals surface area contributed by atoms with E-state index in [-0.39, 0.29) is 5.91 Å². The van der Waals surface area contributed by atoms with Crippen molar-refractivity contribution in [3.63, 3.8) is 0 Å². The van der Waals surface area contributed by atoms with Crippen LogP contribution in [0.2, 0.25) is 0 Å². The van der Waals surface area contributed by atoms with Gasteiger partial charge in [0.25, 0.3) is 5.91 Å². The second-order valence-corrected chi connectivity index (χ2v) is 7.21. The van der Waals surface area contributed by atoms with Gasteiger partial charge < -0.3 is 20.2 Å². The molecule has 2 aliphatic carbocycles. The highest BCUT2D eigenvalue weighted by Gasteiger charge is 2.43. The van der Waals surface area contributed by atoms with Gasteiger partial charge in [-0.05, 0) is 45.1 Å². The molecule has 0 radical (unpaired) electrons. The Morgan fingerprint density at radius 1 is 1.36 bits per heavy atom. The Morgan fingerprint density at radius 3 is 2.64 bits per heavy atom. The fraction of sp³-hybridized carbons (Fsp3) is 0.500. The van der Waals surface area contributed by atoms with Crippen molar-refractivity contribution in [1.29, 1.82) is 0 Å². The number of hydrogen-bond acceptors (Lipinski definition) is 4. The average molecular weight is 338 g/mol. The summed E-state index contributed by atoms with van der Waals surface area (Å²) in [5, 5.41) is 0.957. The van der Waals surface area contributed by atoms with Gasteiger partial charge in [-0.15, -0.1) is 0 Å². The van der Waals surface area contributed by atoms with Gasteiger partial charge >= 0.3 is 0 Å². The van der Waals surface area contributed by atoms with Crippen LogP contribution in [0.15, 0.2) is 6.33 Å². The van der Waals surface area contributed by atoms with Crippen molar-refractivity contribution in [2.75, 3.05) is 5.73 Å². The largest absolute Gasteiger partial charge is 0.382 e. The van der Waals surface area contributed by atoms with E-state index < -0.39 is 0 Å². The number of nitrogen functional groups attached to an aromatic ring is 1. The maximum Gasteiger partial charge on any atom is 0.271 e. The summed E-state index contributed by atoms with van der Waals surface area (Å²) in [5.74, 6) is 0.546. The lowest BCUT2D eigenvalue weighted by Gasteiger charge is -2.23. The normalized spacial score (nSPS) is 17.5. The molecule has 3 N–H and O–H groups in total. The SMILES string of the molecule is CCn1c(C(=O)N(C2CC2)C2CC2)c(C)c2c3[nH]cnc3c(N)nc21. The van der Waals surface area contributed by atoms with Crippen LogP contribution in [-0.2, 0) is 6.54 Å². The average Bonchev–Trinajstić information content (AvgIpc) is 3.52. The number of fused-ring (bicyclic) bond motifs is 3. The molecule has 0 aliphatic heterocycles. The molecule has 0 unspecified atom stereocenters. The third kappa shape index (κ3) is 2.01. The summed E-state index contributed by atoms with van der Waals surface area (Å²) in [7, 11) is 0. The number of anilines is 1. The van der Waals surface area contributed by atoms with E-state index in [1.807, 2.05) is 18.4 Å². The first kappa shape index (κ1) is 14.7. The first-order valence-electron chi connectivity index (χ1n) is 9.05. The molecular weight excluding hydrogens is 316 g/mol. The van der Waals surface area contributed by atoms with E-state index in [1.54, 1.807) is 6.33 Å². The van der Waals surface area contributed by atoms with E-state index in [0.717, 1.165) is 53.5 Å². The summed E-state index contributed by atoms with van der Waals surface area (Å²) in [6, 6.07) is 0.848. The van der Waals surface area contributed by atoms with Gasteiger partial charge in [0.05, 0.1) is 11.8 Å². The molecule has 0 aromatic carbocycles. The van der Waals surface area contributed by atoms with E-state index in [1.165, 1.54) is 0 Å². The predicted molar refractivity (Wildman–Crippen MR) is 96.4 cm³/mol. The number of nitrogens with one attached hydrogen (secondary N) is 1. The standard InChI is InChI=1S/C18H22N6O/c1-3-23-15(18(25)24(10-4-5-10)11-6-7-11)9(2)12-13-14(21-8-20-13)16(19)22-17(12)23/h8,10-11H,3-7H2,1-2H3,(H2,19,22)(H,20,21). The molecule has 2 saturated carbocycles. The molecule has 0 atom stereocenters. The number of hydrogen-bond donors (Lipinski definition) is 2. The number of imidazole rings is 1. The van der Waals surface area contributed by atoms with Crippen molar-refractivity contribution in [3.05, 3.63) is 17.6 Å². The number of aromatic nitrogens is 4. The number of amides is 1. The molecule has 3 aromatic rings. The van der Waals surface area contributed by atoms with Crippen molar-refractivity contribution in [1.82, 2.24) is 24.4 Å². The van der Waals surface area contributed by atoms with E-state index in [2.05, 4.69) is 19.9 Å². The van der Waals surface area contributed by atoms with Gasteiger partial charge in [-0.3, -0.25) is 4.79 Å². The highest BCUT2D eigenvalue weighted by Crippen LogP contribution is 2.40. The zero-order valence-corrected chi connectivity index (χ0v) is 14.5. The number of H-pyrrole nitrogens is 1. The summed E-state index contributed by atoms with van der Waals surface area (Å²) in [6.07, 6.45) is 6.15. The van der Waals surface area contributed by atoms with Gasteiger partial charge in [-0.1, -0.05) is 0 Å².